The Kier molecular flexibility index (Phi) is 5.02. The molecule has 0 saturated carbocycles. The van der Waals surface area contributed by atoms with E-state index in [1.165, 1.54) is 11.8 Å². The number of nitrogens with zero attached hydrogens (tertiary/aromatic N) is 3. The number of benzene rings is 1. The number of nitriles is 1. The van der Waals surface area contributed by atoms with E-state index in [1.54, 1.807) is 35.2 Å². The number of rotatable bonds is 4. The Labute approximate surface area is 137 Å². The zero-order valence-electron chi connectivity index (χ0n) is 13.1. The van der Waals surface area contributed by atoms with Crippen LogP contribution < -0.4 is 15.5 Å². The highest BCUT2D eigenvalue weighted by Crippen LogP contribution is 2.34. The number of ketones is 1. The van der Waals surface area contributed by atoms with Gasteiger partial charge in [0.1, 0.15) is 18.2 Å². The molecule has 0 saturated heterocycles. The lowest BCUT2D eigenvalue weighted by molar-refractivity contribution is -0.120. The molecule has 5 nitrogen and oxygen atoms in total. The topological polar surface area (TPSA) is 73.4 Å². The third-order valence-corrected chi connectivity index (χ3v) is 3.69. The Balaban J connectivity index is 2.26. The molecule has 1 heterocycles. The number of allylic oxidation sites excluding steroid dienone is 1. The predicted octanol–water partition coefficient (Wildman–Crippen LogP) is 2.20. The normalized spacial score (nSPS) is 15.5. The fourth-order valence-electron chi connectivity index (χ4n) is 2.65. The van der Waals surface area contributed by atoms with Crippen molar-refractivity contribution in [3.05, 3.63) is 35.5 Å². The molecular weight excluding hydrogens is 321 g/mol. The molecule has 0 amide bonds. The molecule has 2 N–H and O–H groups in total. The second-order valence-corrected chi connectivity index (χ2v) is 5.54. The predicted molar refractivity (Wildman–Crippen MR) is 84.4 cm³/mol. The number of anilines is 2. The fraction of sp³-hybridized carbons (Fsp3) is 0.375. The maximum atomic E-state index is 12.7. The summed E-state index contributed by atoms with van der Waals surface area (Å²) in [5, 5.41) is 9.00. The number of Topliss-reactive ketones (excluding diaryl/α,β-unsaturated/α-hetero) is 1. The van der Waals surface area contributed by atoms with E-state index >= 15 is 0 Å². The number of hydrogen-bond donors (Lipinski definition) is 1. The van der Waals surface area contributed by atoms with Crippen LogP contribution in [-0.4, -0.2) is 38.1 Å². The quantitative estimate of drug-likeness (QED) is 0.673. The first-order valence-electron chi connectivity index (χ1n) is 7.28. The Morgan fingerprint density at radius 3 is 2.29 bits per heavy atom. The van der Waals surface area contributed by atoms with Crippen molar-refractivity contribution in [1.29, 1.82) is 5.26 Å². The van der Waals surface area contributed by atoms with Gasteiger partial charge in [-0.15, -0.1) is 0 Å². The number of para-hydroxylation sites is 2. The minimum Gasteiger partial charge on any atom is -0.401 e. The zero-order valence-corrected chi connectivity index (χ0v) is 13.1. The summed E-state index contributed by atoms with van der Waals surface area (Å²) in [4.78, 5) is 15.1. The molecule has 24 heavy (non-hydrogen) atoms. The average Bonchev–Trinajstić information content (AvgIpc) is 2.49. The van der Waals surface area contributed by atoms with Crippen molar-refractivity contribution in [2.24, 2.45) is 5.73 Å². The molecule has 0 aliphatic carbocycles. The summed E-state index contributed by atoms with van der Waals surface area (Å²) in [6.45, 7) is 0.704. The molecule has 0 spiro atoms. The summed E-state index contributed by atoms with van der Waals surface area (Å²) in [5.41, 5.74) is 6.49. The number of hydrogen-bond acceptors (Lipinski definition) is 5. The summed E-state index contributed by atoms with van der Waals surface area (Å²) in [6, 6.07) is 8.38. The van der Waals surface area contributed by atoms with Crippen molar-refractivity contribution in [1.82, 2.24) is 0 Å². The van der Waals surface area contributed by atoms with E-state index in [-0.39, 0.29) is 30.9 Å². The highest BCUT2D eigenvalue weighted by molar-refractivity contribution is 6.02. The molecule has 1 aliphatic heterocycles. The van der Waals surface area contributed by atoms with Gasteiger partial charge in [-0.2, -0.15) is 18.4 Å². The molecule has 1 aliphatic rings. The molecular formula is C16H17F3N4O. The average molecular weight is 338 g/mol. The van der Waals surface area contributed by atoms with Gasteiger partial charge in [0.2, 0.25) is 0 Å². The van der Waals surface area contributed by atoms with E-state index in [4.69, 9.17) is 11.0 Å². The van der Waals surface area contributed by atoms with Gasteiger partial charge >= 0.3 is 6.18 Å². The van der Waals surface area contributed by atoms with Crippen molar-refractivity contribution < 1.29 is 18.0 Å². The van der Waals surface area contributed by atoms with E-state index in [9.17, 15) is 18.0 Å². The lowest BCUT2D eigenvalue weighted by atomic mass is 10.1. The Hall–Kier alpha value is -2.69. The first kappa shape index (κ1) is 17.7. The summed E-state index contributed by atoms with van der Waals surface area (Å²) in [5.74, 6) is -0.448. The van der Waals surface area contributed by atoms with Gasteiger partial charge in [-0.1, -0.05) is 12.1 Å². The standard InChI is InChI=1S/C16H17F3N4O/c1-11(21)12(8-20)15(24)9-22-6-7-23(10-16(17,18)19)14-5-3-2-4-13(14)22/h2-5H,6-7,9-10,21H2,1H3/b12-11+. The van der Waals surface area contributed by atoms with Crippen molar-refractivity contribution >= 4 is 17.2 Å². The second-order valence-electron chi connectivity index (χ2n) is 5.54. The Morgan fingerprint density at radius 1 is 1.25 bits per heavy atom. The highest BCUT2D eigenvalue weighted by atomic mass is 19.4. The monoisotopic (exact) mass is 338 g/mol. The lowest BCUT2D eigenvalue weighted by Crippen LogP contribution is -2.46. The number of carbonyl (C=O) groups excluding carboxylic acids is 1. The molecule has 0 unspecified atom stereocenters. The summed E-state index contributed by atoms with van der Waals surface area (Å²) in [7, 11) is 0. The summed E-state index contributed by atoms with van der Waals surface area (Å²) < 4.78 is 38.1. The molecule has 0 radical (unpaired) electrons. The van der Waals surface area contributed by atoms with E-state index < -0.39 is 18.5 Å². The molecule has 0 atom stereocenters. The van der Waals surface area contributed by atoms with Crippen molar-refractivity contribution in [3.8, 4) is 6.07 Å². The first-order chi connectivity index (χ1) is 11.2. The number of nitrogens with two attached hydrogens (primary N) is 1. The van der Waals surface area contributed by atoms with Crippen LogP contribution in [0.3, 0.4) is 0 Å². The van der Waals surface area contributed by atoms with Gasteiger partial charge in [0, 0.05) is 18.8 Å². The van der Waals surface area contributed by atoms with Crippen LogP contribution in [0.2, 0.25) is 0 Å². The van der Waals surface area contributed by atoms with E-state index in [0.29, 0.717) is 11.4 Å². The molecule has 128 valence electrons. The maximum Gasteiger partial charge on any atom is 0.405 e. The van der Waals surface area contributed by atoms with E-state index in [2.05, 4.69) is 0 Å². The van der Waals surface area contributed by atoms with Crippen LogP contribution in [0.1, 0.15) is 6.92 Å². The largest absolute Gasteiger partial charge is 0.405 e. The molecule has 1 aromatic rings. The fourth-order valence-corrected chi connectivity index (χ4v) is 2.65. The summed E-state index contributed by atoms with van der Waals surface area (Å²) in [6.07, 6.45) is -4.31. The van der Waals surface area contributed by atoms with Crippen LogP contribution in [0.25, 0.3) is 0 Å². The van der Waals surface area contributed by atoms with Crippen LogP contribution in [0.5, 0.6) is 0 Å². The van der Waals surface area contributed by atoms with Crippen molar-refractivity contribution in [3.63, 3.8) is 0 Å². The number of fused-ring (bicyclic) bond motifs is 1. The molecule has 0 fully saturated rings. The number of halogens is 3. The highest BCUT2D eigenvalue weighted by Gasteiger charge is 2.34. The minimum atomic E-state index is -4.31. The Bertz CT molecular complexity index is 702. The molecule has 1 aromatic carbocycles. The molecule has 0 bridgehead atoms. The van der Waals surface area contributed by atoms with Gasteiger partial charge in [-0.05, 0) is 19.1 Å². The van der Waals surface area contributed by atoms with Crippen LogP contribution in [-0.2, 0) is 4.79 Å². The van der Waals surface area contributed by atoms with E-state index in [1.807, 2.05) is 0 Å². The molecule has 0 aromatic heterocycles. The Morgan fingerprint density at radius 2 is 1.79 bits per heavy atom. The zero-order chi connectivity index (χ0) is 17.9. The van der Waals surface area contributed by atoms with Crippen molar-refractivity contribution in [2.45, 2.75) is 13.1 Å². The van der Waals surface area contributed by atoms with Gasteiger partial charge in [-0.25, -0.2) is 0 Å². The van der Waals surface area contributed by atoms with Crippen LogP contribution >= 0.6 is 0 Å². The first-order valence-corrected chi connectivity index (χ1v) is 7.28. The van der Waals surface area contributed by atoms with Crippen LogP contribution in [0.4, 0.5) is 24.5 Å². The molecule has 8 heteroatoms. The van der Waals surface area contributed by atoms with E-state index in [0.717, 1.165) is 0 Å². The van der Waals surface area contributed by atoms with Gasteiger partial charge in [0.15, 0.2) is 5.78 Å². The number of carbonyl (C=O) groups is 1. The second kappa shape index (κ2) is 6.83. The molecule has 2 rings (SSSR count). The smallest absolute Gasteiger partial charge is 0.401 e. The minimum absolute atomic E-state index is 0.103. The summed E-state index contributed by atoms with van der Waals surface area (Å²) >= 11 is 0. The lowest BCUT2D eigenvalue weighted by Gasteiger charge is -2.38. The third-order valence-electron chi connectivity index (χ3n) is 3.69. The van der Waals surface area contributed by atoms with Gasteiger partial charge in [0.05, 0.1) is 17.9 Å². The SMILES string of the molecule is C/C(N)=C(/C#N)C(=O)CN1CCN(CC(F)(F)F)c2ccccc21. The van der Waals surface area contributed by atoms with Gasteiger partial charge in [0.25, 0.3) is 0 Å². The van der Waals surface area contributed by atoms with Crippen LogP contribution in [0, 0.1) is 11.3 Å². The van der Waals surface area contributed by atoms with Crippen molar-refractivity contribution in [2.75, 3.05) is 36.0 Å². The van der Waals surface area contributed by atoms with Crippen LogP contribution in [0.15, 0.2) is 35.5 Å². The third kappa shape index (κ3) is 3.98. The van der Waals surface area contributed by atoms with Gasteiger partial charge in [-0.3, -0.25) is 4.79 Å². The number of alkyl halides is 3. The van der Waals surface area contributed by atoms with Gasteiger partial charge < -0.3 is 15.5 Å². The maximum absolute atomic E-state index is 12.7.